The number of fused-ring (bicyclic) bond motifs is 6. The number of rotatable bonds is 9. The van der Waals surface area contributed by atoms with Crippen LogP contribution in [0.4, 0.5) is 34.9 Å². The topological polar surface area (TPSA) is 272 Å². The highest BCUT2D eigenvalue weighted by Crippen LogP contribution is 2.51. The minimum absolute atomic E-state index is 0.00908. The molecule has 3 aliphatic heterocycles. The summed E-state index contributed by atoms with van der Waals surface area (Å²) in [6.45, 7) is 14.0. The highest BCUT2D eigenvalue weighted by atomic mass is 32.3. The summed E-state index contributed by atoms with van der Waals surface area (Å²) in [7, 11) is 3.64. The molecule has 27 heteroatoms. The van der Waals surface area contributed by atoms with Crippen molar-refractivity contribution in [1.29, 1.82) is 0 Å². The normalized spacial score (nSPS) is 18.3. The van der Waals surface area contributed by atoms with E-state index in [1.54, 1.807) is 90.7 Å². The molecule has 12 heterocycles. The van der Waals surface area contributed by atoms with Crippen LogP contribution in [-0.4, -0.2) is 159 Å². The molecule has 3 saturated heterocycles. The van der Waals surface area contributed by atoms with E-state index >= 15 is 0 Å². The Labute approximate surface area is 570 Å². The number of benzene rings is 3. The zero-order valence-corrected chi connectivity index (χ0v) is 61.3. The van der Waals surface area contributed by atoms with E-state index in [1.165, 1.54) is 28.8 Å². The monoisotopic (exact) mass is 1370 g/mol. The first-order valence-corrected chi connectivity index (χ1v) is 41.7. The largest absolute Gasteiger partial charge is 0.330 e. The first kappa shape index (κ1) is 69.5. The van der Waals surface area contributed by atoms with Gasteiger partial charge in [0.25, 0.3) is 0 Å². The highest BCUT2D eigenvalue weighted by molar-refractivity contribution is 8.33. The molecule has 15 rings (SSSR count). The van der Waals surface area contributed by atoms with E-state index < -0.39 is 30.1 Å². The summed E-state index contributed by atoms with van der Waals surface area (Å²) in [4.78, 5) is 92.9. The van der Waals surface area contributed by atoms with Crippen LogP contribution >= 0.6 is 30.1 Å². The van der Waals surface area contributed by atoms with Crippen LogP contribution in [-0.2, 0) is 21.1 Å². The SMILES string of the molecule is CC.CC.Cc1cc2nccnc2cc1Nc1ncc2c(n1)n(C1CCS(C)(C)C1)c(=O)n2C.Cc1cc2nccnc2cc1Nc1ncc2c(n1)n(C1CCS(C)(C)CC1)c(=O)n2C.Cc1cc2ncncc2cc1Nc1ncc2c(n1)n(C1CCCS(C)(C)CC1)c(=O)n2C. The van der Waals surface area contributed by atoms with Gasteiger partial charge in [-0.3, -0.25) is 47.3 Å². The Morgan fingerprint density at radius 1 is 0.402 bits per heavy atom. The van der Waals surface area contributed by atoms with Crippen LogP contribution in [0.15, 0.2) is 107 Å². The Bertz CT molecular complexity index is 5060. The summed E-state index contributed by atoms with van der Waals surface area (Å²) < 4.78 is 10.6. The van der Waals surface area contributed by atoms with Gasteiger partial charge in [-0.15, -0.1) is 0 Å². The Kier molecular flexibility index (Phi) is 20.6. The molecule has 97 heavy (non-hydrogen) atoms. The smallest absolute Gasteiger partial charge is 0.324 e. The Balaban J connectivity index is 0.000000144. The van der Waals surface area contributed by atoms with Crippen LogP contribution in [0.1, 0.15) is 101 Å². The van der Waals surface area contributed by atoms with E-state index in [4.69, 9.17) is 15.0 Å². The minimum atomic E-state index is -0.646. The first-order valence-electron chi connectivity index (χ1n) is 33.3. The fourth-order valence-electron chi connectivity index (χ4n) is 13.1. The van der Waals surface area contributed by atoms with E-state index in [0.717, 1.165) is 128 Å². The lowest BCUT2D eigenvalue weighted by Gasteiger charge is -2.39. The average Bonchev–Trinajstić information content (AvgIpc) is 1.63. The summed E-state index contributed by atoms with van der Waals surface area (Å²) in [6, 6.07) is 12.5. The molecule has 2 atom stereocenters. The maximum absolute atomic E-state index is 13.2. The second-order valence-corrected chi connectivity index (χ2v) is 39.6. The number of nitrogens with zero attached hydrogens (tertiary/aromatic N) is 18. The van der Waals surface area contributed by atoms with E-state index in [9.17, 15) is 14.4 Å². The molecule has 0 radical (unpaired) electrons. The molecular weight excluding hydrogens is 1280 g/mol. The van der Waals surface area contributed by atoms with Crippen molar-refractivity contribution in [3.8, 4) is 0 Å². The number of hydrogen-bond donors (Lipinski definition) is 3. The number of hydrogen-bond acceptors (Lipinski definition) is 18. The van der Waals surface area contributed by atoms with Gasteiger partial charge in [-0.1, -0.05) is 27.7 Å². The lowest BCUT2D eigenvalue weighted by Crippen LogP contribution is -2.31. The molecule has 2 unspecified atom stereocenters. The number of nitrogens with one attached hydrogen (secondary N) is 3. The average molecular weight is 1370 g/mol. The van der Waals surface area contributed by atoms with Gasteiger partial charge in [0.15, 0.2) is 16.9 Å². The van der Waals surface area contributed by atoms with Crippen molar-refractivity contribution in [1.82, 2.24) is 87.2 Å². The molecule has 0 aliphatic carbocycles. The quantitative estimate of drug-likeness (QED) is 0.121. The maximum atomic E-state index is 13.2. The lowest BCUT2D eigenvalue weighted by atomic mass is 10.1. The fourth-order valence-corrected chi connectivity index (χ4v) is 19.7. The van der Waals surface area contributed by atoms with Crippen LogP contribution in [0, 0.1) is 20.8 Å². The van der Waals surface area contributed by atoms with Crippen LogP contribution in [0.2, 0.25) is 0 Å². The molecule has 3 aromatic carbocycles. The summed E-state index contributed by atoms with van der Waals surface area (Å²) in [5.41, 5.74) is 14.3. The van der Waals surface area contributed by atoms with E-state index in [0.29, 0.717) is 34.8 Å². The van der Waals surface area contributed by atoms with Gasteiger partial charge in [-0.05, 0) is 184 Å². The van der Waals surface area contributed by atoms with Crippen molar-refractivity contribution in [3.63, 3.8) is 0 Å². The summed E-state index contributed by atoms with van der Waals surface area (Å²) in [5.74, 6) is 8.51. The molecule has 3 N–H and O–H groups in total. The zero-order chi connectivity index (χ0) is 69.3. The highest BCUT2D eigenvalue weighted by Gasteiger charge is 2.33. The van der Waals surface area contributed by atoms with Gasteiger partial charge in [-0.2, -0.15) is 15.0 Å². The molecule has 3 fully saturated rings. The zero-order valence-electron chi connectivity index (χ0n) is 58.9. The van der Waals surface area contributed by atoms with E-state index in [2.05, 4.69) is 98.3 Å². The molecule has 514 valence electrons. The van der Waals surface area contributed by atoms with Gasteiger partial charge in [0.2, 0.25) is 17.8 Å². The Morgan fingerprint density at radius 3 is 1.16 bits per heavy atom. The summed E-state index contributed by atoms with van der Waals surface area (Å²) in [6.07, 6.45) is 35.8. The lowest BCUT2D eigenvalue weighted by molar-refractivity contribution is 0.450. The molecule has 9 aromatic heterocycles. The van der Waals surface area contributed by atoms with Gasteiger partial charge >= 0.3 is 17.1 Å². The standard InChI is InChI=1S/C23H29N7OS.C22H27N7OS.C21H25N7OS.2C2H6/c1-15-10-19-16(12-24-14-26-19)11-18(15)27-22-25-13-20-21(28-22)30(23(31)29(20)2)17-6-5-8-32(3,4)9-7-17;1-14-11-17-18(24-8-7-23-17)12-16(14)26-21-25-13-19-20(27-21)29(22(30)28(19)2)15-5-9-31(3,4)10-6-15;1-13-9-16-17(23-7-6-22-16)10-15(13)25-20-24-11-18-19(26-20)28(21(29)27(18)2)14-5-8-30(3,4)12-14;2*1-2/h10-14,17H,5-9H2,1-4H3,(H,25,27,28);7-8,11-13,15H,5-6,9-10H2,1-4H3,(H,25,26,27);6-7,9-11,14H,5,8,12H2,1-4H3,(H,24,25,26);2*1-2H3. The van der Waals surface area contributed by atoms with Crippen LogP contribution in [0.3, 0.4) is 0 Å². The minimum Gasteiger partial charge on any atom is -0.324 e. The van der Waals surface area contributed by atoms with Crippen molar-refractivity contribution >= 4 is 131 Å². The Morgan fingerprint density at radius 2 is 0.753 bits per heavy atom. The van der Waals surface area contributed by atoms with Crippen molar-refractivity contribution in [3.05, 3.63) is 140 Å². The third-order valence-electron chi connectivity index (χ3n) is 18.7. The second kappa shape index (κ2) is 28.7. The Hall–Kier alpha value is -8.82. The number of aromatic nitrogens is 18. The predicted molar refractivity (Wildman–Crippen MR) is 406 cm³/mol. The van der Waals surface area contributed by atoms with Crippen molar-refractivity contribution in [2.75, 3.05) is 88.0 Å². The molecular formula is C70H93N21O3S3. The van der Waals surface area contributed by atoms with Gasteiger partial charge in [0, 0.05) is 92.7 Å². The van der Waals surface area contributed by atoms with E-state index in [1.807, 2.05) is 98.6 Å². The van der Waals surface area contributed by atoms with Crippen molar-refractivity contribution in [2.45, 2.75) is 105 Å². The third-order valence-corrected chi connectivity index (χ3v) is 26.8. The second-order valence-electron chi connectivity index (χ2n) is 26.6. The van der Waals surface area contributed by atoms with E-state index in [-0.39, 0.29) is 35.2 Å². The maximum Gasteiger partial charge on any atom is 0.330 e. The molecule has 0 saturated carbocycles. The molecule has 3 aliphatic rings. The number of anilines is 6. The fraction of sp³-hybridized carbons (Fsp3) is 0.443. The van der Waals surface area contributed by atoms with Crippen molar-refractivity contribution < 1.29 is 0 Å². The predicted octanol–water partition coefficient (Wildman–Crippen LogP) is 12.6. The molecule has 0 spiro atoms. The van der Waals surface area contributed by atoms with Gasteiger partial charge in [0.05, 0.1) is 46.2 Å². The van der Waals surface area contributed by atoms with Crippen LogP contribution in [0.5, 0.6) is 0 Å². The molecule has 0 amide bonds. The molecule has 12 aromatic rings. The van der Waals surface area contributed by atoms with Crippen LogP contribution in [0.25, 0.3) is 66.5 Å². The first-order chi connectivity index (χ1) is 46.5. The number of aryl methyl sites for hydroxylation is 6. The summed E-state index contributed by atoms with van der Waals surface area (Å²) >= 11 is 0. The molecule has 24 nitrogen and oxygen atoms in total. The van der Waals surface area contributed by atoms with Crippen molar-refractivity contribution in [2.24, 2.45) is 21.1 Å². The summed E-state index contributed by atoms with van der Waals surface area (Å²) in [5, 5.41) is 10.9. The number of imidazole rings is 3. The van der Waals surface area contributed by atoms with Crippen LogP contribution < -0.4 is 33.0 Å². The van der Waals surface area contributed by atoms with Gasteiger partial charge in [-0.25, -0.2) is 69.4 Å². The third kappa shape index (κ3) is 14.7. The molecule has 0 bridgehead atoms. The van der Waals surface area contributed by atoms with Gasteiger partial charge < -0.3 is 16.0 Å². The van der Waals surface area contributed by atoms with Gasteiger partial charge in [0.1, 0.15) is 22.9 Å².